The van der Waals surface area contributed by atoms with Crippen LogP contribution < -0.4 is 0 Å². The Hall–Kier alpha value is -1.20. The maximum atomic E-state index is 12.4. The number of hydrogen-bond donors (Lipinski definition) is 0. The van der Waals surface area contributed by atoms with E-state index in [2.05, 4.69) is 58.7 Å². The van der Waals surface area contributed by atoms with Gasteiger partial charge in [-0.1, -0.05) is 61.9 Å². The fourth-order valence-corrected chi connectivity index (χ4v) is 2.94. The number of halogens is 1. The molecule has 22 heavy (non-hydrogen) atoms. The summed E-state index contributed by atoms with van der Waals surface area (Å²) in [4.78, 5) is 14.7. The van der Waals surface area contributed by atoms with Gasteiger partial charge in [-0.2, -0.15) is 0 Å². The molecule has 0 aromatic heterocycles. The van der Waals surface area contributed by atoms with Crippen LogP contribution in [-0.2, 0) is 6.54 Å². The Labute approximate surface area is 146 Å². The number of hydrogen-bond acceptors (Lipinski definition) is 2. The average Bonchev–Trinajstić information content (AvgIpc) is 2.55. The highest BCUT2D eigenvalue weighted by Crippen LogP contribution is 2.15. The number of Topliss-reactive ketones (excluding diaryl/α,β-unsaturated/α-hetero) is 1. The van der Waals surface area contributed by atoms with Crippen molar-refractivity contribution in [3.8, 4) is 0 Å². The average molecular weight is 407 g/mol. The molecule has 0 fully saturated rings. The van der Waals surface area contributed by atoms with Gasteiger partial charge in [0.2, 0.25) is 0 Å². The zero-order chi connectivity index (χ0) is 15.8. The fraction of sp³-hybridized carbons (Fsp3) is 0.316. The lowest BCUT2D eigenvalue weighted by molar-refractivity contribution is 0.0924. The summed E-state index contributed by atoms with van der Waals surface area (Å²) in [5, 5.41) is 0. The topological polar surface area (TPSA) is 20.3 Å². The zero-order valence-corrected chi connectivity index (χ0v) is 15.1. The Morgan fingerprint density at radius 3 is 2.41 bits per heavy atom. The Kier molecular flexibility index (Phi) is 7.06. The van der Waals surface area contributed by atoms with E-state index in [9.17, 15) is 4.79 Å². The molecule has 0 heterocycles. The van der Waals surface area contributed by atoms with Gasteiger partial charge in [-0.3, -0.25) is 9.69 Å². The Morgan fingerprint density at radius 2 is 1.73 bits per heavy atom. The molecule has 0 aliphatic rings. The molecule has 0 saturated carbocycles. The highest BCUT2D eigenvalue weighted by molar-refractivity contribution is 14.1. The molecule has 2 rings (SSSR count). The number of ketones is 1. The highest BCUT2D eigenvalue weighted by Gasteiger charge is 2.13. The SMILES string of the molecule is CCCCN(CC(=O)c1ccccc1)Cc1ccccc1I. The maximum absolute atomic E-state index is 12.4. The van der Waals surface area contributed by atoms with Gasteiger partial charge in [0.05, 0.1) is 6.54 Å². The van der Waals surface area contributed by atoms with Gasteiger partial charge in [-0.25, -0.2) is 0 Å². The van der Waals surface area contributed by atoms with Crippen LogP contribution in [0, 0.1) is 3.57 Å². The van der Waals surface area contributed by atoms with Gasteiger partial charge in [0, 0.05) is 15.7 Å². The largest absolute Gasteiger partial charge is 0.293 e. The molecule has 0 aliphatic heterocycles. The van der Waals surface area contributed by atoms with E-state index in [1.54, 1.807) is 0 Å². The van der Waals surface area contributed by atoms with Gasteiger partial charge in [0.15, 0.2) is 5.78 Å². The maximum Gasteiger partial charge on any atom is 0.176 e. The summed E-state index contributed by atoms with van der Waals surface area (Å²) < 4.78 is 1.26. The molecule has 0 amide bonds. The lowest BCUT2D eigenvalue weighted by Gasteiger charge is -2.22. The van der Waals surface area contributed by atoms with Crippen molar-refractivity contribution in [2.24, 2.45) is 0 Å². The molecule has 0 atom stereocenters. The Balaban J connectivity index is 2.06. The van der Waals surface area contributed by atoms with Crippen LogP contribution in [0.1, 0.15) is 35.7 Å². The monoisotopic (exact) mass is 407 g/mol. The molecule has 0 N–H and O–H groups in total. The second-order valence-corrected chi connectivity index (χ2v) is 6.61. The number of carbonyl (C=O) groups is 1. The first-order chi connectivity index (χ1) is 10.7. The first-order valence-electron chi connectivity index (χ1n) is 7.74. The third kappa shape index (κ3) is 5.21. The van der Waals surface area contributed by atoms with Crippen molar-refractivity contribution in [3.05, 3.63) is 69.3 Å². The van der Waals surface area contributed by atoms with Crippen molar-refractivity contribution in [2.75, 3.05) is 13.1 Å². The summed E-state index contributed by atoms with van der Waals surface area (Å²) in [5.41, 5.74) is 2.09. The molecule has 0 radical (unpaired) electrons. The summed E-state index contributed by atoms with van der Waals surface area (Å²) in [7, 11) is 0. The molecule has 3 heteroatoms. The number of nitrogens with zero attached hydrogens (tertiary/aromatic N) is 1. The van der Waals surface area contributed by atoms with E-state index >= 15 is 0 Å². The van der Waals surface area contributed by atoms with Gasteiger partial charge in [-0.05, 0) is 47.2 Å². The van der Waals surface area contributed by atoms with E-state index in [-0.39, 0.29) is 5.78 Å². The predicted molar refractivity (Wildman–Crippen MR) is 100 cm³/mol. The summed E-state index contributed by atoms with van der Waals surface area (Å²) >= 11 is 2.37. The molecular weight excluding hydrogens is 385 g/mol. The number of rotatable bonds is 8. The van der Waals surface area contributed by atoms with Crippen LogP contribution in [0.5, 0.6) is 0 Å². The summed E-state index contributed by atoms with van der Waals surface area (Å²) in [6, 6.07) is 18.0. The van der Waals surface area contributed by atoms with E-state index in [0.717, 1.165) is 31.5 Å². The molecule has 0 saturated heterocycles. The Bertz CT molecular complexity index is 597. The molecule has 0 bridgehead atoms. The number of carbonyl (C=O) groups excluding carboxylic acids is 1. The zero-order valence-electron chi connectivity index (χ0n) is 13.0. The van der Waals surface area contributed by atoms with Gasteiger partial charge in [0.25, 0.3) is 0 Å². The normalized spacial score (nSPS) is 10.9. The van der Waals surface area contributed by atoms with Crippen LogP contribution in [0.2, 0.25) is 0 Å². The fourth-order valence-electron chi connectivity index (χ4n) is 2.38. The minimum atomic E-state index is 0.197. The standard InChI is InChI=1S/C19H22INO/c1-2-3-13-21(14-17-11-7-8-12-18(17)20)15-19(22)16-9-5-4-6-10-16/h4-12H,2-3,13-15H2,1H3. The lowest BCUT2D eigenvalue weighted by atomic mass is 10.1. The third-order valence-electron chi connectivity index (χ3n) is 3.64. The van der Waals surface area contributed by atoms with Gasteiger partial charge in [-0.15, -0.1) is 0 Å². The van der Waals surface area contributed by atoms with Crippen LogP contribution in [0.25, 0.3) is 0 Å². The van der Waals surface area contributed by atoms with Crippen molar-refractivity contribution < 1.29 is 4.79 Å². The van der Waals surface area contributed by atoms with Crippen LogP contribution in [0.4, 0.5) is 0 Å². The Morgan fingerprint density at radius 1 is 1.05 bits per heavy atom. The van der Waals surface area contributed by atoms with Gasteiger partial charge >= 0.3 is 0 Å². The van der Waals surface area contributed by atoms with Gasteiger partial charge < -0.3 is 0 Å². The first-order valence-corrected chi connectivity index (χ1v) is 8.82. The van der Waals surface area contributed by atoms with Gasteiger partial charge in [0.1, 0.15) is 0 Å². The molecule has 0 aliphatic carbocycles. The second-order valence-electron chi connectivity index (χ2n) is 5.44. The number of benzene rings is 2. The van der Waals surface area contributed by atoms with E-state index in [4.69, 9.17) is 0 Å². The van der Waals surface area contributed by atoms with Crippen LogP contribution >= 0.6 is 22.6 Å². The summed E-state index contributed by atoms with van der Waals surface area (Å²) in [6.07, 6.45) is 2.26. The highest BCUT2D eigenvalue weighted by atomic mass is 127. The summed E-state index contributed by atoms with van der Waals surface area (Å²) in [5.74, 6) is 0.197. The molecule has 2 aromatic rings. The van der Waals surface area contributed by atoms with Crippen molar-refractivity contribution in [2.45, 2.75) is 26.3 Å². The second kappa shape index (κ2) is 9.06. The lowest BCUT2D eigenvalue weighted by Crippen LogP contribution is -2.30. The minimum Gasteiger partial charge on any atom is -0.293 e. The van der Waals surface area contributed by atoms with Crippen molar-refractivity contribution >= 4 is 28.4 Å². The minimum absolute atomic E-state index is 0.197. The molecule has 116 valence electrons. The predicted octanol–water partition coefficient (Wildman–Crippen LogP) is 4.78. The molecule has 0 spiro atoms. The van der Waals surface area contributed by atoms with E-state index in [1.807, 2.05) is 30.3 Å². The quantitative estimate of drug-likeness (QED) is 0.464. The molecule has 2 aromatic carbocycles. The third-order valence-corrected chi connectivity index (χ3v) is 4.70. The molecular formula is C19H22INO. The number of unbranched alkanes of at least 4 members (excludes halogenated alkanes) is 1. The van der Waals surface area contributed by atoms with Crippen LogP contribution in [0.15, 0.2) is 54.6 Å². The van der Waals surface area contributed by atoms with Crippen molar-refractivity contribution in [1.82, 2.24) is 4.90 Å². The van der Waals surface area contributed by atoms with Crippen LogP contribution in [0.3, 0.4) is 0 Å². The van der Waals surface area contributed by atoms with E-state index in [1.165, 1.54) is 9.13 Å². The smallest absolute Gasteiger partial charge is 0.176 e. The molecule has 2 nitrogen and oxygen atoms in total. The van der Waals surface area contributed by atoms with E-state index in [0.29, 0.717) is 6.54 Å². The van der Waals surface area contributed by atoms with Crippen molar-refractivity contribution in [1.29, 1.82) is 0 Å². The summed E-state index contributed by atoms with van der Waals surface area (Å²) in [6.45, 7) is 4.45. The first kappa shape index (κ1) is 17.2. The molecule has 0 unspecified atom stereocenters. The van der Waals surface area contributed by atoms with Crippen molar-refractivity contribution in [3.63, 3.8) is 0 Å². The van der Waals surface area contributed by atoms with E-state index < -0.39 is 0 Å². The van der Waals surface area contributed by atoms with Crippen LogP contribution in [-0.4, -0.2) is 23.8 Å².